The molecule has 0 aliphatic heterocycles. The largest absolute Gasteiger partial charge is 0.461 e. The fourth-order valence-corrected chi connectivity index (χ4v) is 2.93. The molecule has 4 nitrogen and oxygen atoms in total. The van der Waals surface area contributed by atoms with Gasteiger partial charge in [0, 0.05) is 0 Å². The molecular weight excluding hydrogens is 312 g/mol. The third-order valence-corrected chi connectivity index (χ3v) is 5.26. The number of carbonyl (C=O) groups excluding carboxylic acids is 2. The van der Waals surface area contributed by atoms with Crippen LogP contribution in [0.4, 0.5) is 0 Å². The molecule has 1 aromatic heterocycles. The lowest BCUT2D eigenvalue weighted by Crippen LogP contribution is -2.13. The van der Waals surface area contributed by atoms with E-state index in [0.717, 1.165) is 37.0 Å². The zero-order valence-corrected chi connectivity index (χ0v) is 15.4. The van der Waals surface area contributed by atoms with Crippen molar-refractivity contribution in [3.8, 4) is 0 Å². The maximum atomic E-state index is 12.0. The standard InChI is InChI=1S/C18H28O4S/c1-5-13(6-2)11-21-17(19)15-9-10-16(23-15)18(20)22-12-14(7-3)8-4/h9-10,13-14H,5-8,11-12H2,1-4H3. The highest BCUT2D eigenvalue weighted by Crippen LogP contribution is 2.20. The summed E-state index contributed by atoms with van der Waals surface area (Å²) >= 11 is 1.13. The molecular formula is C18H28O4S. The van der Waals surface area contributed by atoms with Gasteiger partial charge in [-0.2, -0.15) is 0 Å². The third-order valence-electron chi connectivity index (χ3n) is 4.22. The smallest absolute Gasteiger partial charge is 0.348 e. The molecule has 0 aliphatic carbocycles. The lowest BCUT2D eigenvalue weighted by Gasteiger charge is -2.12. The van der Waals surface area contributed by atoms with Crippen LogP contribution in [-0.4, -0.2) is 25.2 Å². The molecule has 0 amide bonds. The van der Waals surface area contributed by atoms with Crippen molar-refractivity contribution in [1.82, 2.24) is 0 Å². The van der Waals surface area contributed by atoms with E-state index in [1.54, 1.807) is 12.1 Å². The highest BCUT2D eigenvalue weighted by atomic mass is 32.1. The topological polar surface area (TPSA) is 52.6 Å². The summed E-state index contributed by atoms with van der Waals surface area (Å²) < 4.78 is 10.6. The molecule has 1 rings (SSSR count). The second-order valence-corrected chi connectivity index (χ2v) is 6.81. The Morgan fingerprint density at radius 1 is 0.826 bits per heavy atom. The van der Waals surface area contributed by atoms with Gasteiger partial charge in [0.1, 0.15) is 9.75 Å². The molecule has 0 aromatic carbocycles. The summed E-state index contributed by atoms with van der Waals surface area (Å²) in [5, 5.41) is 0. The van der Waals surface area contributed by atoms with Crippen LogP contribution in [0.5, 0.6) is 0 Å². The van der Waals surface area contributed by atoms with Crippen molar-refractivity contribution in [2.45, 2.75) is 53.4 Å². The van der Waals surface area contributed by atoms with Crippen molar-refractivity contribution in [3.05, 3.63) is 21.9 Å². The second kappa shape index (κ2) is 10.4. The molecule has 5 heteroatoms. The molecule has 1 heterocycles. The monoisotopic (exact) mass is 340 g/mol. The van der Waals surface area contributed by atoms with Gasteiger partial charge in [0.25, 0.3) is 0 Å². The molecule has 23 heavy (non-hydrogen) atoms. The molecule has 0 N–H and O–H groups in total. The molecule has 0 radical (unpaired) electrons. The molecule has 0 bridgehead atoms. The van der Waals surface area contributed by atoms with Gasteiger partial charge in [-0.25, -0.2) is 9.59 Å². The first kappa shape index (κ1) is 19.7. The van der Waals surface area contributed by atoms with Gasteiger partial charge in [0.05, 0.1) is 13.2 Å². The summed E-state index contributed by atoms with van der Waals surface area (Å²) in [6.07, 6.45) is 3.95. The second-order valence-electron chi connectivity index (χ2n) is 5.73. The number of esters is 2. The van der Waals surface area contributed by atoms with Crippen LogP contribution in [0.3, 0.4) is 0 Å². The summed E-state index contributed by atoms with van der Waals surface area (Å²) in [6.45, 7) is 9.20. The zero-order valence-electron chi connectivity index (χ0n) is 14.6. The maximum absolute atomic E-state index is 12.0. The van der Waals surface area contributed by atoms with E-state index in [2.05, 4.69) is 27.7 Å². The van der Waals surface area contributed by atoms with E-state index in [0.29, 0.717) is 34.8 Å². The van der Waals surface area contributed by atoms with Gasteiger partial charge in [-0.3, -0.25) is 0 Å². The zero-order chi connectivity index (χ0) is 17.2. The molecule has 0 saturated carbocycles. The minimum absolute atomic E-state index is 0.360. The Balaban J connectivity index is 2.52. The minimum Gasteiger partial charge on any atom is -0.461 e. The van der Waals surface area contributed by atoms with Gasteiger partial charge in [-0.15, -0.1) is 11.3 Å². The summed E-state index contributed by atoms with van der Waals surface area (Å²) in [4.78, 5) is 24.9. The highest BCUT2D eigenvalue weighted by Gasteiger charge is 2.17. The Hall–Kier alpha value is -1.36. The van der Waals surface area contributed by atoms with Crippen LogP contribution in [0.2, 0.25) is 0 Å². The number of carbonyl (C=O) groups is 2. The quantitative estimate of drug-likeness (QED) is 0.566. The summed E-state index contributed by atoms with van der Waals surface area (Å²) in [7, 11) is 0. The molecule has 0 atom stereocenters. The van der Waals surface area contributed by atoms with Crippen molar-refractivity contribution in [2.24, 2.45) is 11.8 Å². The van der Waals surface area contributed by atoms with Gasteiger partial charge >= 0.3 is 11.9 Å². The van der Waals surface area contributed by atoms with Crippen LogP contribution in [0.1, 0.15) is 72.7 Å². The van der Waals surface area contributed by atoms with Crippen LogP contribution in [0.25, 0.3) is 0 Å². The first-order chi connectivity index (χ1) is 11.0. The van der Waals surface area contributed by atoms with Gasteiger partial charge in [-0.1, -0.05) is 53.4 Å². The van der Waals surface area contributed by atoms with Crippen molar-refractivity contribution in [3.63, 3.8) is 0 Å². The Labute approximate surface area is 143 Å². The van der Waals surface area contributed by atoms with Gasteiger partial charge in [0.15, 0.2) is 0 Å². The molecule has 0 spiro atoms. The van der Waals surface area contributed by atoms with Crippen molar-refractivity contribution >= 4 is 23.3 Å². The molecule has 0 saturated heterocycles. The fourth-order valence-electron chi connectivity index (χ4n) is 2.14. The van der Waals surface area contributed by atoms with Gasteiger partial charge < -0.3 is 9.47 Å². The SMILES string of the molecule is CCC(CC)COC(=O)c1ccc(C(=O)OCC(CC)CC)s1. The molecule has 1 aromatic rings. The highest BCUT2D eigenvalue weighted by molar-refractivity contribution is 7.15. The number of hydrogen-bond donors (Lipinski definition) is 0. The Morgan fingerprint density at radius 2 is 1.17 bits per heavy atom. The van der Waals surface area contributed by atoms with E-state index in [1.807, 2.05) is 0 Å². The normalized spacial score (nSPS) is 11.0. The molecule has 130 valence electrons. The molecule has 0 aliphatic rings. The van der Waals surface area contributed by atoms with Crippen LogP contribution < -0.4 is 0 Å². The molecule has 0 fully saturated rings. The van der Waals surface area contributed by atoms with E-state index in [1.165, 1.54) is 0 Å². The number of hydrogen-bond acceptors (Lipinski definition) is 5. The lowest BCUT2D eigenvalue weighted by molar-refractivity contribution is 0.0432. The van der Waals surface area contributed by atoms with Crippen LogP contribution >= 0.6 is 11.3 Å². The van der Waals surface area contributed by atoms with Crippen LogP contribution in [0, 0.1) is 11.8 Å². The first-order valence-electron chi connectivity index (χ1n) is 8.49. The number of rotatable bonds is 10. The van der Waals surface area contributed by atoms with E-state index in [4.69, 9.17) is 9.47 Å². The van der Waals surface area contributed by atoms with Crippen molar-refractivity contribution in [2.75, 3.05) is 13.2 Å². The Bertz CT molecular complexity index is 444. The predicted octanol–water partition coefficient (Wildman–Crippen LogP) is 4.93. The Morgan fingerprint density at radius 3 is 1.48 bits per heavy atom. The van der Waals surface area contributed by atoms with E-state index in [9.17, 15) is 9.59 Å². The van der Waals surface area contributed by atoms with Gasteiger partial charge in [0.2, 0.25) is 0 Å². The predicted molar refractivity (Wildman–Crippen MR) is 93.0 cm³/mol. The minimum atomic E-state index is -0.360. The summed E-state index contributed by atoms with van der Waals surface area (Å²) in [6, 6.07) is 3.27. The van der Waals surface area contributed by atoms with E-state index < -0.39 is 0 Å². The third kappa shape index (κ3) is 6.34. The Kier molecular flexibility index (Phi) is 8.92. The fraction of sp³-hybridized carbons (Fsp3) is 0.667. The van der Waals surface area contributed by atoms with Crippen molar-refractivity contribution in [1.29, 1.82) is 0 Å². The lowest BCUT2D eigenvalue weighted by atomic mass is 10.1. The maximum Gasteiger partial charge on any atom is 0.348 e. The van der Waals surface area contributed by atoms with Crippen LogP contribution in [-0.2, 0) is 9.47 Å². The molecule has 0 unspecified atom stereocenters. The van der Waals surface area contributed by atoms with E-state index in [-0.39, 0.29) is 11.9 Å². The van der Waals surface area contributed by atoms with Gasteiger partial charge in [-0.05, 0) is 24.0 Å². The summed E-state index contributed by atoms with van der Waals surface area (Å²) in [5.74, 6) is 0.0635. The summed E-state index contributed by atoms with van der Waals surface area (Å²) in [5.41, 5.74) is 0. The average Bonchev–Trinajstić information content (AvgIpc) is 3.06. The van der Waals surface area contributed by atoms with Crippen LogP contribution in [0.15, 0.2) is 12.1 Å². The first-order valence-corrected chi connectivity index (χ1v) is 9.31. The average molecular weight is 340 g/mol. The number of ether oxygens (including phenoxy) is 2. The van der Waals surface area contributed by atoms with Crippen molar-refractivity contribution < 1.29 is 19.1 Å². The van der Waals surface area contributed by atoms with E-state index >= 15 is 0 Å². The number of thiophene rings is 1.